The second-order valence-electron chi connectivity index (χ2n) is 3.97. The van der Waals surface area contributed by atoms with Crippen LogP contribution >= 0.6 is 11.3 Å². The minimum absolute atomic E-state index is 0.0659. The summed E-state index contributed by atoms with van der Waals surface area (Å²) < 4.78 is 13.6. The highest BCUT2D eigenvalue weighted by atomic mass is 32.1. The molecule has 0 aliphatic rings. The van der Waals surface area contributed by atoms with Gasteiger partial charge in [-0.2, -0.15) is 0 Å². The van der Waals surface area contributed by atoms with Gasteiger partial charge in [-0.3, -0.25) is 9.59 Å². The molecule has 0 aliphatic heterocycles. The molecular formula is C13H11FN2O2S. The largest absolute Gasteiger partial charge is 0.366 e. The van der Waals surface area contributed by atoms with E-state index in [0.29, 0.717) is 5.00 Å². The number of nitrogens with one attached hydrogen (secondary N) is 1. The Hall–Kier alpha value is -2.21. The molecular weight excluding hydrogens is 267 g/mol. The highest BCUT2D eigenvalue weighted by molar-refractivity contribution is 7.14. The quantitative estimate of drug-likeness (QED) is 0.905. The van der Waals surface area contributed by atoms with Gasteiger partial charge in [0.05, 0.1) is 11.1 Å². The van der Waals surface area contributed by atoms with Crippen molar-refractivity contribution < 1.29 is 14.0 Å². The summed E-state index contributed by atoms with van der Waals surface area (Å²) in [6.07, 6.45) is 0. The van der Waals surface area contributed by atoms with E-state index in [0.717, 1.165) is 16.9 Å². The van der Waals surface area contributed by atoms with Gasteiger partial charge in [0.25, 0.3) is 11.8 Å². The minimum atomic E-state index is -0.638. The third-order valence-electron chi connectivity index (χ3n) is 2.52. The molecule has 98 valence electrons. The van der Waals surface area contributed by atoms with Gasteiger partial charge in [-0.05, 0) is 30.5 Å². The number of hydrogen-bond donors (Lipinski definition) is 2. The summed E-state index contributed by atoms with van der Waals surface area (Å²) in [7, 11) is 0. The molecule has 1 heterocycles. The molecule has 2 aromatic rings. The van der Waals surface area contributed by atoms with Crippen molar-refractivity contribution >= 4 is 28.2 Å². The Morgan fingerprint density at radius 2 is 2.00 bits per heavy atom. The number of thiophene rings is 1. The first-order valence-electron chi connectivity index (χ1n) is 5.44. The lowest BCUT2D eigenvalue weighted by Gasteiger charge is -2.06. The van der Waals surface area contributed by atoms with Crippen LogP contribution in [0, 0.1) is 12.7 Å². The van der Waals surface area contributed by atoms with E-state index < -0.39 is 17.6 Å². The molecule has 4 nitrogen and oxygen atoms in total. The monoisotopic (exact) mass is 278 g/mol. The highest BCUT2D eigenvalue weighted by Gasteiger charge is 2.16. The van der Waals surface area contributed by atoms with Crippen LogP contribution < -0.4 is 11.1 Å². The number of aryl methyl sites for hydroxylation is 1. The number of nitrogens with two attached hydrogens (primary N) is 1. The third kappa shape index (κ3) is 2.79. The molecule has 0 unspecified atom stereocenters. The van der Waals surface area contributed by atoms with Crippen molar-refractivity contribution in [3.05, 3.63) is 52.2 Å². The summed E-state index contributed by atoms with van der Waals surface area (Å²) in [5.74, 6) is -1.85. The predicted molar refractivity (Wildman–Crippen MR) is 71.9 cm³/mol. The van der Waals surface area contributed by atoms with Gasteiger partial charge in [0, 0.05) is 0 Å². The second-order valence-corrected chi connectivity index (χ2v) is 4.88. The molecule has 19 heavy (non-hydrogen) atoms. The van der Waals surface area contributed by atoms with Crippen LogP contribution in [0.15, 0.2) is 29.6 Å². The number of carbonyl (C=O) groups is 2. The fourth-order valence-electron chi connectivity index (χ4n) is 1.58. The van der Waals surface area contributed by atoms with Gasteiger partial charge in [-0.15, -0.1) is 11.3 Å². The zero-order valence-corrected chi connectivity index (χ0v) is 10.9. The molecule has 0 bridgehead atoms. The zero-order valence-electron chi connectivity index (χ0n) is 10.1. The van der Waals surface area contributed by atoms with Gasteiger partial charge in [-0.25, -0.2) is 4.39 Å². The van der Waals surface area contributed by atoms with Crippen LogP contribution in [-0.2, 0) is 0 Å². The van der Waals surface area contributed by atoms with Crippen molar-refractivity contribution in [3.8, 4) is 0 Å². The van der Waals surface area contributed by atoms with Crippen molar-refractivity contribution in [2.45, 2.75) is 6.92 Å². The van der Waals surface area contributed by atoms with Crippen molar-refractivity contribution in [2.24, 2.45) is 5.73 Å². The molecule has 6 heteroatoms. The molecule has 0 aliphatic carbocycles. The fourth-order valence-corrected chi connectivity index (χ4v) is 2.37. The molecule has 3 N–H and O–H groups in total. The van der Waals surface area contributed by atoms with E-state index in [-0.39, 0.29) is 11.1 Å². The van der Waals surface area contributed by atoms with Crippen LogP contribution in [0.3, 0.4) is 0 Å². The summed E-state index contributed by atoms with van der Waals surface area (Å²) in [4.78, 5) is 23.1. The maximum absolute atomic E-state index is 13.6. The van der Waals surface area contributed by atoms with E-state index in [1.807, 2.05) is 0 Å². The Labute approximate surface area is 113 Å². The third-order valence-corrected chi connectivity index (χ3v) is 3.35. The summed E-state index contributed by atoms with van der Waals surface area (Å²) >= 11 is 1.16. The standard InChI is InChI=1S/C13H11FN2O2S/c1-7-2-3-10(14)9(6-7)12(18)16-13-8(11(15)17)4-5-19-13/h2-6H,1H3,(H2,15,17)(H,16,18). The van der Waals surface area contributed by atoms with Gasteiger partial charge in [-0.1, -0.05) is 11.6 Å². The van der Waals surface area contributed by atoms with Gasteiger partial charge in [0.1, 0.15) is 10.8 Å². The lowest BCUT2D eigenvalue weighted by Crippen LogP contribution is -2.17. The SMILES string of the molecule is Cc1ccc(F)c(C(=O)Nc2sccc2C(N)=O)c1. The normalized spacial score (nSPS) is 10.2. The van der Waals surface area contributed by atoms with Crippen LogP contribution in [0.1, 0.15) is 26.3 Å². The molecule has 1 aromatic carbocycles. The average molecular weight is 278 g/mol. The molecule has 2 amide bonds. The molecule has 0 spiro atoms. The van der Waals surface area contributed by atoms with Gasteiger partial charge in [0.15, 0.2) is 0 Å². The van der Waals surface area contributed by atoms with E-state index >= 15 is 0 Å². The Bertz CT molecular complexity index is 652. The number of hydrogen-bond acceptors (Lipinski definition) is 3. The Morgan fingerprint density at radius 1 is 1.26 bits per heavy atom. The number of halogens is 1. The van der Waals surface area contributed by atoms with Crippen LogP contribution in [0.25, 0.3) is 0 Å². The topological polar surface area (TPSA) is 72.2 Å². The average Bonchev–Trinajstić information content (AvgIpc) is 2.80. The number of carbonyl (C=O) groups excluding carboxylic acids is 2. The maximum atomic E-state index is 13.6. The van der Waals surface area contributed by atoms with Gasteiger partial charge >= 0.3 is 0 Å². The number of primary amides is 1. The molecule has 0 fully saturated rings. The van der Waals surface area contributed by atoms with Gasteiger partial charge in [0.2, 0.25) is 0 Å². The Kier molecular flexibility index (Phi) is 3.62. The molecule has 0 saturated carbocycles. The minimum Gasteiger partial charge on any atom is -0.366 e. The Morgan fingerprint density at radius 3 is 2.68 bits per heavy atom. The molecule has 1 aromatic heterocycles. The van der Waals surface area contributed by atoms with Crippen molar-refractivity contribution in [1.29, 1.82) is 0 Å². The maximum Gasteiger partial charge on any atom is 0.259 e. The second kappa shape index (κ2) is 5.19. The van der Waals surface area contributed by atoms with Crippen LogP contribution in [0.5, 0.6) is 0 Å². The number of rotatable bonds is 3. The van der Waals surface area contributed by atoms with Crippen molar-refractivity contribution in [1.82, 2.24) is 0 Å². The van der Waals surface area contributed by atoms with Crippen molar-refractivity contribution in [2.75, 3.05) is 5.32 Å². The fraction of sp³-hybridized carbons (Fsp3) is 0.0769. The molecule has 0 atom stereocenters. The van der Waals surface area contributed by atoms with E-state index in [9.17, 15) is 14.0 Å². The number of benzene rings is 1. The smallest absolute Gasteiger partial charge is 0.259 e. The summed E-state index contributed by atoms with van der Waals surface area (Å²) in [6.45, 7) is 1.76. The lowest BCUT2D eigenvalue weighted by molar-refractivity contribution is 0.100. The molecule has 0 saturated heterocycles. The van der Waals surface area contributed by atoms with Crippen LogP contribution in [-0.4, -0.2) is 11.8 Å². The zero-order chi connectivity index (χ0) is 14.0. The van der Waals surface area contributed by atoms with Gasteiger partial charge < -0.3 is 11.1 Å². The lowest BCUT2D eigenvalue weighted by atomic mass is 10.1. The summed E-state index contributed by atoms with van der Waals surface area (Å²) in [5.41, 5.74) is 6.09. The molecule has 2 rings (SSSR count). The highest BCUT2D eigenvalue weighted by Crippen LogP contribution is 2.23. The van der Waals surface area contributed by atoms with E-state index in [1.54, 1.807) is 18.4 Å². The van der Waals surface area contributed by atoms with Crippen molar-refractivity contribution in [3.63, 3.8) is 0 Å². The van der Waals surface area contributed by atoms with E-state index in [1.165, 1.54) is 18.2 Å². The first-order chi connectivity index (χ1) is 8.99. The van der Waals surface area contributed by atoms with E-state index in [4.69, 9.17) is 5.73 Å². The first kappa shape index (κ1) is 13.2. The van der Waals surface area contributed by atoms with E-state index in [2.05, 4.69) is 5.32 Å². The number of amides is 2. The predicted octanol–water partition coefficient (Wildman–Crippen LogP) is 2.55. The summed E-state index contributed by atoms with van der Waals surface area (Å²) in [5, 5.41) is 4.44. The van der Waals surface area contributed by atoms with Crippen LogP contribution in [0.4, 0.5) is 9.39 Å². The summed E-state index contributed by atoms with van der Waals surface area (Å²) in [6, 6.07) is 5.76. The van der Waals surface area contributed by atoms with Crippen LogP contribution in [0.2, 0.25) is 0 Å². The number of anilines is 1. The first-order valence-corrected chi connectivity index (χ1v) is 6.32. The molecule has 0 radical (unpaired) electrons. The Balaban J connectivity index is 2.28.